The number of amides is 2. The molecule has 2 amide bonds. The lowest BCUT2D eigenvalue weighted by molar-refractivity contribution is -0.147. The maximum Gasteiger partial charge on any atom is 0.229 e. The number of pyridine rings is 1. The molecule has 1 saturated heterocycles. The number of nitrogens with zero attached hydrogens (tertiary/aromatic N) is 4. The molecule has 4 rings (SSSR count). The van der Waals surface area contributed by atoms with Crippen LogP contribution in [0.1, 0.15) is 37.8 Å². The Morgan fingerprint density at radius 3 is 2.59 bits per heavy atom. The van der Waals surface area contributed by atoms with Crippen LogP contribution >= 0.6 is 0 Å². The topological polar surface area (TPSA) is 92.1 Å². The highest BCUT2D eigenvalue weighted by molar-refractivity contribution is 7.89. The third-order valence-corrected chi connectivity index (χ3v) is 6.92. The molecule has 2 aromatic rings. The molecule has 1 aliphatic carbocycles. The standard InChI is InChI=1S/C18H22N4O4S/c23-17-5-3-6-18(24)21(17)10-11-27(25,26)22(14-7-8-14)13-15-12-19-16-4-1-2-9-20(15)16/h1-2,4,9,12,14H,3,5-8,10-11,13H2. The minimum Gasteiger partial charge on any atom is -0.303 e. The summed E-state index contributed by atoms with van der Waals surface area (Å²) in [5.41, 5.74) is 1.57. The summed E-state index contributed by atoms with van der Waals surface area (Å²) in [6.45, 7) is 0.163. The van der Waals surface area contributed by atoms with Gasteiger partial charge in [0.1, 0.15) is 5.65 Å². The zero-order valence-electron chi connectivity index (χ0n) is 15.0. The lowest BCUT2D eigenvalue weighted by Crippen LogP contribution is -2.45. The van der Waals surface area contributed by atoms with Crippen molar-refractivity contribution < 1.29 is 18.0 Å². The van der Waals surface area contributed by atoms with Crippen LogP contribution in [0, 0.1) is 0 Å². The fourth-order valence-electron chi connectivity index (χ4n) is 3.45. The molecule has 0 atom stereocenters. The Morgan fingerprint density at radius 1 is 1.15 bits per heavy atom. The van der Waals surface area contributed by atoms with Crippen LogP contribution < -0.4 is 0 Å². The number of likely N-dealkylation sites (tertiary alicyclic amines) is 1. The number of piperidine rings is 1. The van der Waals surface area contributed by atoms with Crippen molar-refractivity contribution in [2.75, 3.05) is 12.3 Å². The Kier molecular flexibility index (Phi) is 4.73. The van der Waals surface area contributed by atoms with Crippen LogP contribution in [0.4, 0.5) is 0 Å². The highest BCUT2D eigenvalue weighted by Gasteiger charge is 2.38. The van der Waals surface area contributed by atoms with Crippen molar-refractivity contribution in [3.05, 3.63) is 36.3 Å². The highest BCUT2D eigenvalue weighted by Crippen LogP contribution is 2.31. The molecule has 1 aliphatic heterocycles. The van der Waals surface area contributed by atoms with Crippen molar-refractivity contribution in [1.29, 1.82) is 0 Å². The quantitative estimate of drug-likeness (QED) is 0.662. The van der Waals surface area contributed by atoms with Gasteiger partial charge in [0.15, 0.2) is 0 Å². The van der Waals surface area contributed by atoms with E-state index in [1.54, 1.807) is 6.20 Å². The minimum absolute atomic E-state index is 0.0166. The Bertz CT molecular complexity index is 964. The Hall–Kier alpha value is -2.26. The minimum atomic E-state index is -3.60. The number of fused-ring (bicyclic) bond motifs is 1. The third-order valence-electron chi connectivity index (χ3n) is 5.08. The van der Waals surface area contributed by atoms with E-state index in [1.165, 1.54) is 4.31 Å². The van der Waals surface area contributed by atoms with E-state index in [2.05, 4.69) is 4.98 Å². The van der Waals surface area contributed by atoms with E-state index >= 15 is 0 Å². The summed E-state index contributed by atoms with van der Waals surface area (Å²) in [6, 6.07) is 5.61. The molecule has 0 bridgehead atoms. The normalized spacial score (nSPS) is 18.6. The molecule has 0 spiro atoms. The smallest absolute Gasteiger partial charge is 0.229 e. The van der Waals surface area contributed by atoms with Gasteiger partial charge >= 0.3 is 0 Å². The Labute approximate surface area is 157 Å². The van der Waals surface area contributed by atoms with Crippen LogP contribution in [0.5, 0.6) is 0 Å². The molecular weight excluding hydrogens is 368 g/mol. The first-order valence-electron chi connectivity index (χ1n) is 9.19. The fraction of sp³-hybridized carbons (Fsp3) is 0.500. The van der Waals surface area contributed by atoms with Crippen molar-refractivity contribution in [2.24, 2.45) is 0 Å². The van der Waals surface area contributed by atoms with E-state index in [4.69, 9.17) is 0 Å². The number of hydrogen-bond donors (Lipinski definition) is 0. The van der Waals surface area contributed by atoms with Crippen molar-refractivity contribution >= 4 is 27.5 Å². The molecule has 144 valence electrons. The second-order valence-corrected chi connectivity index (χ2v) is 9.10. The largest absolute Gasteiger partial charge is 0.303 e. The number of sulfonamides is 1. The first kappa shape index (κ1) is 18.1. The molecule has 0 aromatic carbocycles. The summed E-state index contributed by atoms with van der Waals surface area (Å²) in [6.07, 6.45) is 6.37. The summed E-state index contributed by atoms with van der Waals surface area (Å²) in [5, 5.41) is 0. The maximum atomic E-state index is 13.0. The van der Waals surface area contributed by atoms with Crippen LogP contribution in [0.2, 0.25) is 0 Å². The number of imide groups is 1. The van der Waals surface area contributed by atoms with Gasteiger partial charge in [-0.15, -0.1) is 0 Å². The van der Waals surface area contributed by atoms with E-state index in [9.17, 15) is 18.0 Å². The fourth-order valence-corrected chi connectivity index (χ4v) is 5.09. The lowest BCUT2D eigenvalue weighted by atomic mass is 10.1. The molecule has 9 heteroatoms. The van der Waals surface area contributed by atoms with Gasteiger partial charge in [-0.2, -0.15) is 4.31 Å². The molecule has 1 saturated carbocycles. The van der Waals surface area contributed by atoms with E-state index in [1.807, 2.05) is 28.8 Å². The Morgan fingerprint density at radius 2 is 1.89 bits per heavy atom. The zero-order chi connectivity index (χ0) is 19.0. The van der Waals surface area contributed by atoms with Gasteiger partial charge < -0.3 is 4.40 Å². The van der Waals surface area contributed by atoms with E-state index in [-0.39, 0.29) is 36.7 Å². The molecule has 2 fully saturated rings. The molecular formula is C18H22N4O4S. The van der Waals surface area contributed by atoms with Gasteiger partial charge in [-0.25, -0.2) is 13.4 Å². The third kappa shape index (κ3) is 3.74. The first-order chi connectivity index (χ1) is 13.0. The van der Waals surface area contributed by atoms with Gasteiger partial charge in [0.05, 0.1) is 24.2 Å². The summed E-state index contributed by atoms with van der Waals surface area (Å²) >= 11 is 0. The van der Waals surface area contributed by atoms with Gasteiger partial charge in [-0.3, -0.25) is 14.5 Å². The molecule has 0 radical (unpaired) electrons. The van der Waals surface area contributed by atoms with E-state index in [0.29, 0.717) is 19.3 Å². The number of aromatic nitrogens is 2. The average molecular weight is 390 g/mol. The van der Waals surface area contributed by atoms with Crippen molar-refractivity contribution in [3.8, 4) is 0 Å². The second kappa shape index (κ2) is 7.05. The summed E-state index contributed by atoms with van der Waals surface area (Å²) < 4.78 is 29.3. The van der Waals surface area contributed by atoms with Crippen LogP contribution in [0.25, 0.3) is 5.65 Å². The molecule has 27 heavy (non-hydrogen) atoms. The maximum absolute atomic E-state index is 13.0. The van der Waals surface area contributed by atoms with Crippen LogP contribution in [0.15, 0.2) is 30.6 Å². The molecule has 3 heterocycles. The lowest BCUT2D eigenvalue weighted by Gasteiger charge is -2.27. The first-order valence-corrected chi connectivity index (χ1v) is 10.8. The Balaban J connectivity index is 1.51. The number of imidazole rings is 1. The summed E-state index contributed by atoms with van der Waals surface area (Å²) in [5.74, 6) is -0.792. The second-order valence-electron chi connectivity index (χ2n) is 7.06. The van der Waals surface area contributed by atoms with Crippen LogP contribution in [-0.2, 0) is 26.2 Å². The van der Waals surface area contributed by atoms with E-state index in [0.717, 1.165) is 29.1 Å². The van der Waals surface area contributed by atoms with Crippen molar-refractivity contribution in [3.63, 3.8) is 0 Å². The van der Waals surface area contributed by atoms with E-state index < -0.39 is 10.0 Å². The van der Waals surface area contributed by atoms with Crippen molar-refractivity contribution in [2.45, 2.75) is 44.7 Å². The van der Waals surface area contributed by atoms with Crippen LogP contribution in [0.3, 0.4) is 0 Å². The van der Waals surface area contributed by atoms with Gasteiger partial charge in [-0.05, 0) is 31.4 Å². The number of carbonyl (C=O) groups is 2. The van der Waals surface area contributed by atoms with Crippen molar-refractivity contribution in [1.82, 2.24) is 18.6 Å². The van der Waals surface area contributed by atoms with Gasteiger partial charge in [0.2, 0.25) is 21.8 Å². The predicted octanol–water partition coefficient (Wildman–Crippen LogP) is 1.17. The summed E-state index contributed by atoms with van der Waals surface area (Å²) in [4.78, 5) is 29.3. The van der Waals surface area contributed by atoms with Gasteiger partial charge in [-0.1, -0.05) is 6.07 Å². The number of hydrogen-bond acceptors (Lipinski definition) is 5. The molecule has 8 nitrogen and oxygen atoms in total. The molecule has 2 aliphatic rings. The highest BCUT2D eigenvalue weighted by atomic mass is 32.2. The monoisotopic (exact) mass is 390 g/mol. The summed E-state index contributed by atoms with van der Waals surface area (Å²) in [7, 11) is -3.60. The number of rotatable bonds is 7. The van der Waals surface area contributed by atoms with Crippen LogP contribution in [-0.4, -0.2) is 57.2 Å². The predicted molar refractivity (Wildman–Crippen MR) is 98.1 cm³/mol. The molecule has 0 N–H and O–H groups in total. The number of carbonyl (C=O) groups excluding carboxylic acids is 2. The van der Waals surface area contributed by atoms with Gasteiger partial charge in [0.25, 0.3) is 0 Å². The average Bonchev–Trinajstić information content (AvgIpc) is 3.39. The molecule has 0 unspecified atom stereocenters. The SMILES string of the molecule is O=C1CCCC(=O)N1CCS(=O)(=O)N(Cc1cnc2ccccn12)C1CC1. The molecule has 2 aromatic heterocycles. The van der Waals surface area contributed by atoms with Gasteiger partial charge in [0, 0.05) is 31.6 Å². The zero-order valence-corrected chi connectivity index (χ0v) is 15.8.